The molecule has 1 N–H and O–H groups in total. The first-order chi connectivity index (χ1) is 13.3. The van der Waals surface area contributed by atoms with E-state index in [1.54, 1.807) is 0 Å². The maximum Gasteiger partial charge on any atom is 0.258 e. The zero-order valence-electron chi connectivity index (χ0n) is 15.3. The molecule has 4 nitrogen and oxygen atoms in total. The van der Waals surface area contributed by atoms with E-state index < -0.39 is 0 Å². The lowest BCUT2D eigenvalue weighted by atomic mass is 10.1. The summed E-state index contributed by atoms with van der Waals surface area (Å²) >= 11 is 0. The highest BCUT2D eigenvalue weighted by molar-refractivity contribution is 5.84. The molecule has 3 aromatic rings. The Morgan fingerprint density at radius 2 is 1.78 bits per heavy atom. The second-order valence-corrected chi connectivity index (χ2v) is 6.93. The summed E-state index contributed by atoms with van der Waals surface area (Å²) in [7, 11) is 0. The largest absolute Gasteiger partial charge is 0.484 e. The van der Waals surface area contributed by atoms with Crippen molar-refractivity contribution < 1.29 is 9.53 Å². The van der Waals surface area contributed by atoms with Gasteiger partial charge in [-0.15, -0.1) is 0 Å². The second kappa shape index (κ2) is 8.12. The minimum atomic E-state index is -0.0805. The van der Waals surface area contributed by atoms with Crippen molar-refractivity contribution in [1.82, 2.24) is 5.32 Å². The summed E-state index contributed by atoms with van der Waals surface area (Å²) < 4.78 is 5.68. The number of carbonyl (C=O) groups excluding carboxylic acids is 1. The highest BCUT2D eigenvalue weighted by Gasteiger charge is 2.24. The molecule has 138 valence electrons. The molecule has 1 heterocycles. The van der Waals surface area contributed by atoms with Crippen LogP contribution in [-0.4, -0.2) is 31.6 Å². The van der Waals surface area contributed by atoms with E-state index in [1.807, 2.05) is 42.5 Å². The van der Waals surface area contributed by atoms with E-state index in [0.29, 0.717) is 12.6 Å². The van der Waals surface area contributed by atoms with Gasteiger partial charge in [0.1, 0.15) is 5.75 Å². The number of carbonyl (C=O) groups is 1. The van der Waals surface area contributed by atoms with Crippen LogP contribution in [0.2, 0.25) is 0 Å². The van der Waals surface area contributed by atoms with Crippen LogP contribution in [0.1, 0.15) is 12.8 Å². The van der Waals surface area contributed by atoms with Crippen LogP contribution >= 0.6 is 0 Å². The summed E-state index contributed by atoms with van der Waals surface area (Å²) in [5, 5.41) is 5.30. The van der Waals surface area contributed by atoms with Crippen molar-refractivity contribution in [3.05, 3.63) is 72.8 Å². The zero-order chi connectivity index (χ0) is 18.5. The topological polar surface area (TPSA) is 41.6 Å². The SMILES string of the molecule is O=C(COc1ccc2ccccc2c1)NCC1CCCN1c1ccccc1. The predicted molar refractivity (Wildman–Crippen MR) is 109 cm³/mol. The molecule has 1 unspecified atom stereocenters. The molecule has 0 bridgehead atoms. The first-order valence-corrected chi connectivity index (χ1v) is 9.49. The Morgan fingerprint density at radius 3 is 2.63 bits per heavy atom. The van der Waals surface area contributed by atoms with Crippen LogP contribution in [0.25, 0.3) is 10.8 Å². The third-order valence-electron chi connectivity index (χ3n) is 5.09. The summed E-state index contributed by atoms with van der Waals surface area (Å²) in [6, 6.07) is 24.7. The Bertz CT molecular complexity index is 910. The van der Waals surface area contributed by atoms with Crippen LogP contribution in [0.4, 0.5) is 5.69 Å². The third-order valence-corrected chi connectivity index (χ3v) is 5.09. The van der Waals surface area contributed by atoms with Crippen LogP contribution in [0.15, 0.2) is 72.8 Å². The van der Waals surface area contributed by atoms with Crippen molar-refractivity contribution in [3.8, 4) is 5.75 Å². The molecule has 0 aromatic heterocycles. The number of hydrogen-bond donors (Lipinski definition) is 1. The van der Waals surface area contributed by atoms with Crippen LogP contribution in [0, 0.1) is 0 Å². The highest BCUT2D eigenvalue weighted by Crippen LogP contribution is 2.24. The monoisotopic (exact) mass is 360 g/mol. The van der Waals surface area contributed by atoms with Crippen LogP contribution in [0.5, 0.6) is 5.75 Å². The molecule has 1 fully saturated rings. The summed E-state index contributed by atoms with van der Waals surface area (Å²) in [5.41, 5.74) is 1.22. The Hall–Kier alpha value is -3.01. The van der Waals surface area contributed by atoms with Gasteiger partial charge in [-0.05, 0) is 47.9 Å². The molecule has 0 aliphatic carbocycles. The number of amides is 1. The minimum absolute atomic E-state index is 0.0381. The predicted octanol–water partition coefficient (Wildman–Crippen LogP) is 4.00. The molecule has 1 aliphatic rings. The molecule has 0 radical (unpaired) electrons. The average Bonchev–Trinajstić information content (AvgIpc) is 3.20. The minimum Gasteiger partial charge on any atom is -0.484 e. The van der Waals surface area contributed by atoms with Gasteiger partial charge in [0, 0.05) is 24.8 Å². The van der Waals surface area contributed by atoms with Gasteiger partial charge in [-0.3, -0.25) is 4.79 Å². The fourth-order valence-electron chi connectivity index (χ4n) is 3.70. The van der Waals surface area contributed by atoms with Crippen molar-refractivity contribution in [3.63, 3.8) is 0 Å². The lowest BCUT2D eigenvalue weighted by molar-refractivity contribution is -0.123. The van der Waals surface area contributed by atoms with E-state index in [4.69, 9.17) is 4.74 Å². The van der Waals surface area contributed by atoms with E-state index in [-0.39, 0.29) is 12.5 Å². The maximum atomic E-state index is 12.2. The lowest BCUT2D eigenvalue weighted by Gasteiger charge is -2.27. The molecule has 1 atom stereocenters. The number of ether oxygens (including phenoxy) is 1. The molecule has 0 spiro atoms. The van der Waals surface area contributed by atoms with Crippen molar-refractivity contribution in [2.24, 2.45) is 0 Å². The van der Waals surface area contributed by atoms with E-state index in [9.17, 15) is 4.79 Å². The number of fused-ring (bicyclic) bond motifs is 1. The highest BCUT2D eigenvalue weighted by atomic mass is 16.5. The fourth-order valence-corrected chi connectivity index (χ4v) is 3.70. The molecule has 4 rings (SSSR count). The third kappa shape index (κ3) is 4.22. The fraction of sp³-hybridized carbons (Fsp3) is 0.261. The molecular weight excluding hydrogens is 336 g/mol. The first kappa shape index (κ1) is 17.4. The molecular formula is C23H24N2O2. The van der Waals surface area contributed by atoms with Gasteiger partial charge in [0.25, 0.3) is 5.91 Å². The number of nitrogens with zero attached hydrogens (tertiary/aromatic N) is 1. The summed E-state index contributed by atoms with van der Waals surface area (Å²) in [6.45, 7) is 1.73. The number of rotatable bonds is 6. The van der Waals surface area contributed by atoms with Crippen LogP contribution in [0.3, 0.4) is 0 Å². The Morgan fingerprint density at radius 1 is 1.00 bits per heavy atom. The normalized spacial score (nSPS) is 16.4. The van der Waals surface area contributed by atoms with Crippen molar-refractivity contribution in [2.45, 2.75) is 18.9 Å². The standard InChI is InChI=1S/C23H24N2O2/c26-23(17-27-22-13-12-18-7-4-5-8-19(18)15-22)24-16-21-11-6-14-25(21)20-9-2-1-3-10-20/h1-5,7-10,12-13,15,21H,6,11,14,16-17H2,(H,24,26). The molecule has 4 heteroatoms. The Balaban J connectivity index is 1.29. The van der Waals surface area contributed by atoms with Gasteiger partial charge in [0.15, 0.2) is 6.61 Å². The van der Waals surface area contributed by atoms with Gasteiger partial charge in [0.05, 0.1) is 0 Å². The summed E-state index contributed by atoms with van der Waals surface area (Å²) in [6.07, 6.45) is 2.25. The molecule has 1 aliphatic heterocycles. The second-order valence-electron chi connectivity index (χ2n) is 6.93. The molecule has 1 saturated heterocycles. The van der Waals surface area contributed by atoms with Crippen LogP contribution in [-0.2, 0) is 4.79 Å². The average molecular weight is 360 g/mol. The zero-order valence-corrected chi connectivity index (χ0v) is 15.3. The van der Waals surface area contributed by atoms with Gasteiger partial charge < -0.3 is 15.0 Å². The Labute approximate surface area is 159 Å². The first-order valence-electron chi connectivity index (χ1n) is 9.49. The maximum absolute atomic E-state index is 12.2. The number of hydrogen-bond acceptors (Lipinski definition) is 3. The van der Waals surface area contributed by atoms with Crippen molar-refractivity contribution in [1.29, 1.82) is 0 Å². The lowest BCUT2D eigenvalue weighted by Crippen LogP contribution is -2.41. The summed E-state index contributed by atoms with van der Waals surface area (Å²) in [4.78, 5) is 14.6. The number of benzene rings is 3. The van der Waals surface area contributed by atoms with E-state index >= 15 is 0 Å². The number of para-hydroxylation sites is 1. The van der Waals surface area contributed by atoms with Crippen molar-refractivity contribution in [2.75, 3.05) is 24.6 Å². The van der Waals surface area contributed by atoms with Gasteiger partial charge in [0.2, 0.25) is 0 Å². The van der Waals surface area contributed by atoms with Crippen LogP contribution < -0.4 is 15.0 Å². The summed E-state index contributed by atoms with van der Waals surface area (Å²) in [5.74, 6) is 0.638. The number of nitrogens with one attached hydrogen (secondary N) is 1. The quantitative estimate of drug-likeness (QED) is 0.722. The van der Waals surface area contributed by atoms with Gasteiger partial charge >= 0.3 is 0 Å². The molecule has 27 heavy (non-hydrogen) atoms. The van der Waals surface area contributed by atoms with E-state index in [1.165, 1.54) is 5.69 Å². The van der Waals surface area contributed by atoms with Gasteiger partial charge in [-0.1, -0.05) is 48.5 Å². The number of anilines is 1. The smallest absolute Gasteiger partial charge is 0.258 e. The molecule has 0 saturated carbocycles. The molecule has 1 amide bonds. The van der Waals surface area contributed by atoms with Crippen molar-refractivity contribution >= 4 is 22.4 Å². The van der Waals surface area contributed by atoms with Gasteiger partial charge in [-0.2, -0.15) is 0 Å². The van der Waals surface area contributed by atoms with E-state index in [2.05, 4.69) is 40.5 Å². The van der Waals surface area contributed by atoms with E-state index in [0.717, 1.165) is 35.9 Å². The Kier molecular flexibility index (Phi) is 5.24. The van der Waals surface area contributed by atoms with Gasteiger partial charge in [-0.25, -0.2) is 0 Å². The molecule has 3 aromatic carbocycles.